The molecule has 0 saturated heterocycles. The summed E-state index contributed by atoms with van der Waals surface area (Å²) in [6, 6.07) is 10.8. The van der Waals surface area contributed by atoms with Crippen molar-refractivity contribution in [2.45, 2.75) is 51.5 Å². The number of rotatable bonds is 8. The Morgan fingerprint density at radius 1 is 1.07 bits per heavy atom. The third-order valence-corrected chi connectivity index (χ3v) is 9.44. The van der Waals surface area contributed by atoms with Crippen molar-refractivity contribution in [2.24, 2.45) is 18.4 Å². The molecular weight excluding hydrogens is 517 g/mol. The summed E-state index contributed by atoms with van der Waals surface area (Å²) in [6.07, 6.45) is 13.6. The van der Waals surface area contributed by atoms with Crippen molar-refractivity contribution in [3.63, 3.8) is 0 Å². The van der Waals surface area contributed by atoms with Crippen LogP contribution >= 0.6 is 0 Å². The van der Waals surface area contributed by atoms with Crippen LogP contribution in [0, 0.1) is 11.3 Å². The average Bonchev–Trinajstić information content (AvgIpc) is 3.78. The first-order chi connectivity index (χ1) is 19.9. The van der Waals surface area contributed by atoms with E-state index in [0.29, 0.717) is 30.7 Å². The summed E-state index contributed by atoms with van der Waals surface area (Å²) in [5.74, 6) is 0.920. The van der Waals surface area contributed by atoms with Crippen molar-refractivity contribution in [3.05, 3.63) is 79.0 Å². The average molecular weight is 550 g/mol. The van der Waals surface area contributed by atoms with E-state index in [-0.39, 0.29) is 5.41 Å². The summed E-state index contributed by atoms with van der Waals surface area (Å²) < 4.78 is 20.0. The van der Waals surface area contributed by atoms with E-state index in [9.17, 15) is 4.39 Å². The third kappa shape index (κ3) is 4.08. The molecule has 3 aliphatic rings. The van der Waals surface area contributed by atoms with E-state index in [1.165, 1.54) is 5.52 Å². The van der Waals surface area contributed by atoms with E-state index in [1.54, 1.807) is 17.2 Å². The van der Waals surface area contributed by atoms with Crippen LogP contribution in [-0.4, -0.2) is 51.1 Å². The molecule has 208 valence electrons. The van der Waals surface area contributed by atoms with E-state index in [0.717, 1.165) is 58.4 Å². The zero-order valence-corrected chi connectivity index (χ0v) is 23.1. The zero-order valence-electron chi connectivity index (χ0n) is 23.1. The van der Waals surface area contributed by atoms with Gasteiger partial charge in [-0.05, 0) is 67.9 Å². The zero-order chi connectivity index (χ0) is 27.7. The summed E-state index contributed by atoms with van der Waals surface area (Å²) in [5, 5.41) is 9.44. The van der Waals surface area contributed by atoms with Gasteiger partial charge in [0.05, 0.1) is 35.2 Å². The highest BCUT2D eigenvalue weighted by atomic mass is 19.1. The van der Waals surface area contributed by atoms with Crippen LogP contribution in [0.4, 0.5) is 4.39 Å². The molecule has 2 N–H and O–H groups in total. The highest BCUT2D eigenvalue weighted by Crippen LogP contribution is 2.61. The van der Waals surface area contributed by atoms with Gasteiger partial charge in [-0.25, -0.2) is 14.1 Å². The summed E-state index contributed by atoms with van der Waals surface area (Å²) in [5.41, 5.74) is 7.31. The number of fused-ring (bicyclic) bond motifs is 3. The predicted molar refractivity (Wildman–Crippen MR) is 155 cm³/mol. The highest BCUT2D eigenvalue weighted by molar-refractivity contribution is 5.80. The van der Waals surface area contributed by atoms with E-state index >= 15 is 0 Å². The van der Waals surface area contributed by atoms with Gasteiger partial charge in [-0.1, -0.05) is 0 Å². The van der Waals surface area contributed by atoms with Crippen molar-refractivity contribution < 1.29 is 4.39 Å². The smallest absolute Gasteiger partial charge is 0.182 e. The number of aryl methyl sites for hydroxylation is 1. The lowest BCUT2D eigenvalue weighted by Crippen LogP contribution is -2.46. The second-order valence-electron chi connectivity index (χ2n) is 12.0. The fourth-order valence-corrected chi connectivity index (χ4v) is 7.02. The first kappa shape index (κ1) is 24.5. The van der Waals surface area contributed by atoms with Crippen LogP contribution in [0.25, 0.3) is 39.0 Å². The number of aromatic nitrogens is 8. The molecule has 0 aromatic carbocycles. The van der Waals surface area contributed by atoms with Crippen molar-refractivity contribution in [3.8, 4) is 17.1 Å². The highest BCUT2D eigenvalue weighted by Gasteiger charge is 2.58. The molecule has 0 amide bonds. The Balaban J connectivity index is 0.960. The summed E-state index contributed by atoms with van der Waals surface area (Å²) in [4.78, 5) is 17.2. The molecule has 0 aliphatic heterocycles. The van der Waals surface area contributed by atoms with Crippen molar-refractivity contribution in [1.29, 1.82) is 0 Å². The van der Waals surface area contributed by atoms with E-state index < -0.39 is 6.17 Å². The Hall–Kier alpha value is -4.31. The Morgan fingerprint density at radius 2 is 1.95 bits per heavy atom. The number of halogens is 1. The lowest BCUT2D eigenvalue weighted by Gasteiger charge is -2.43. The molecule has 2 unspecified atom stereocenters. The van der Waals surface area contributed by atoms with Crippen LogP contribution in [0.1, 0.15) is 37.6 Å². The van der Waals surface area contributed by atoms with Gasteiger partial charge in [-0.3, -0.25) is 9.97 Å². The fraction of sp³-hybridized carbons (Fsp3) is 0.355. The molecule has 3 saturated carbocycles. The molecule has 10 heteroatoms. The van der Waals surface area contributed by atoms with E-state index in [4.69, 9.17) is 5.10 Å². The SMILES string of the molecule is CC(NCc1cc2cnc(Cn3cnc(-c4cncc(-n5ccc6c5ccn6C)c4)n3)cc2[nH]1)C12CC(F)C(C1)C2. The predicted octanol–water partition coefficient (Wildman–Crippen LogP) is 5.16. The van der Waals surface area contributed by atoms with Crippen LogP contribution in [-0.2, 0) is 20.1 Å². The molecule has 41 heavy (non-hydrogen) atoms. The number of hydrogen-bond acceptors (Lipinski definition) is 5. The minimum absolute atomic E-state index is 0.148. The van der Waals surface area contributed by atoms with Gasteiger partial charge in [0.15, 0.2) is 5.82 Å². The molecule has 0 radical (unpaired) electrons. The lowest BCUT2D eigenvalue weighted by molar-refractivity contribution is 0.0886. The van der Waals surface area contributed by atoms with Crippen LogP contribution in [0.5, 0.6) is 0 Å². The second kappa shape index (κ2) is 9.10. The van der Waals surface area contributed by atoms with Crippen LogP contribution in [0.2, 0.25) is 0 Å². The first-order valence-electron chi connectivity index (χ1n) is 14.3. The lowest BCUT2D eigenvalue weighted by atomic mass is 9.65. The molecule has 6 aromatic rings. The number of hydrogen-bond donors (Lipinski definition) is 2. The van der Waals surface area contributed by atoms with Crippen LogP contribution in [0.15, 0.2) is 67.6 Å². The minimum atomic E-state index is -0.606. The van der Waals surface area contributed by atoms with Crippen LogP contribution < -0.4 is 5.32 Å². The number of aromatic amines is 1. The molecule has 9 rings (SSSR count). The van der Waals surface area contributed by atoms with Gasteiger partial charge in [-0.2, -0.15) is 5.10 Å². The summed E-state index contributed by atoms with van der Waals surface area (Å²) >= 11 is 0. The maximum Gasteiger partial charge on any atom is 0.182 e. The third-order valence-electron chi connectivity index (χ3n) is 9.44. The van der Waals surface area contributed by atoms with Gasteiger partial charge < -0.3 is 19.4 Å². The molecule has 3 fully saturated rings. The van der Waals surface area contributed by atoms with Crippen molar-refractivity contribution in [1.82, 2.24) is 44.2 Å². The maximum absolute atomic E-state index is 14.0. The molecule has 6 aromatic heterocycles. The topological polar surface area (TPSA) is 94.2 Å². The number of nitrogens with zero attached hydrogens (tertiary/aromatic N) is 7. The number of nitrogens with one attached hydrogen (secondary N) is 2. The second-order valence-corrected chi connectivity index (χ2v) is 12.0. The van der Waals surface area contributed by atoms with Crippen LogP contribution in [0.3, 0.4) is 0 Å². The molecule has 9 nitrogen and oxygen atoms in total. The maximum atomic E-state index is 14.0. The van der Waals surface area contributed by atoms with Gasteiger partial charge >= 0.3 is 0 Å². The molecule has 3 aliphatic carbocycles. The minimum Gasteiger partial charge on any atom is -0.357 e. The summed E-state index contributed by atoms with van der Waals surface area (Å²) in [6.45, 7) is 3.45. The largest absolute Gasteiger partial charge is 0.357 e. The Morgan fingerprint density at radius 3 is 2.80 bits per heavy atom. The molecule has 2 bridgehead atoms. The first-order valence-corrected chi connectivity index (χ1v) is 14.3. The number of alkyl halides is 1. The fourth-order valence-electron chi connectivity index (χ4n) is 7.02. The van der Waals surface area contributed by atoms with Crippen molar-refractivity contribution >= 4 is 21.9 Å². The number of pyridine rings is 2. The van der Waals surface area contributed by atoms with Gasteiger partial charge in [0, 0.05) is 66.6 Å². The molecule has 6 heterocycles. The Kier molecular flexibility index (Phi) is 5.44. The quantitative estimate of drug-likeness (QED) is 0.273. The number of H-pyrrole nitrogens is 1. The standard InChI is InChI=1S/C31H32FN9/c1-19(31-10-22(11-31)26(32)12-31)34-15-23-7-20-14-35-24(9-27(20)37-23)17-40-18-36-30(38-40)21-8-25(16-33-13-21)41-6-4-28-29(41)3-5-39(28)2/h3-9,13-14,16,18-19,22,26,34,37H,10-12,15,17H2,1-2H3. The van der Waals surface area contributed by atoms with Gasteiger partial charge in [0.25, 0.3) is 0 Å². The monoisotopic (exact) mass is 549 g/mol. The van der Waals surface area contributed by atoms with Gasteiger partial charge in [0.1, 0.15) is 12.5 Å². The Labute approximate surface area is 236 Å². The normalized spacial score (nSPS) is 22.5. The van der Waals surface area contributed by atoms with Gasteiger partial charge in [-0.15, -0.1) is 0 Å². The van der Waals surface area contributed by atoms with E-state index in [1.807, 2.05) is 19.4 Å². The molecule has 0 spiro atoms. The molecule has 2 atom stereocenters. The Bertz CT molecular complexity index is 1890. The van der Waals surface area contributed by atoms with Gasteiger partial charge in [0.2, 0.25) is 0 Å². The van der Waals surface area contributed by atoms with E-state index in [2.05, 4.69) is 84.0 Å². The summed E-state index contributed by atoms with van der Waals surface area (Å²) in [7, 11) is 2.04. The molecular formula is C31H32FN9. The van der Waals surface area contributed by atoms with Crippen molar-refractivity contribution in [2.75, 3.05) is 0 Å².